The highest BCUT2D eigenvalue weighted by Crippen LogP contribution is 2.26. The first-order valence-corrected chi connectivity index (χ1v) is 14.9. The van der Waals surface area contributed by atoms with E-state index in [1.165, 1.54) is 35.3 Å². The molecular formula is C36H43N3O3. The molecule has 0 aromatic heterocycles. The Hall–Kier alpha value is -4.16. The van der Waals surface area contributed by atoms with Crippen LogP contribution in [0.4, 0.5) is 17.1 Å². The predicted octanol–water partition coefficient (Wildman–Crippen LogP) is 7.16. The summed E-state index contributed by atoms with van der Waals surface area (Å²) in [4.78, 5) is 6.97. The van der Waals surface area contributed by atoms with Crippen molar-refractivity contribution >= 4 is 17.1 Å². The number of ether oxygens (including phenoxy) is 3. The minimum Gasteiger partial charge on any atom is -0.497 e. The molecule has 1 saturated heterocycles. The zero-order chi connectivity index (χ0) is 29.1. The summed E-state index contributed by atoms with van der Waals surface area (Å²) >= 11 is 0. The van der Waals surface area contributed by atoms with E-state index in [1.807, 2.05) is 38.4 Å². The lowest BCUT2D eigenvalue weighted by molar-refractivity contribution is 0.0889. The molecule has 0 aliphatic carbocycles. The van der Waals surface area contributed by atoms with Crippen molar-refractivity contribution in [3.05, 3.63) is 114 Å². The van der Waals surface area contributed by atoms with E-state index >= 15 is 0 Å². The van der Waals surface area contributed by atoms with Crippen molar-refractivity contribution in [2.45, 2.75) is 32.5 Å². The van der Waals surface area contributed by atoms with E-state index in [4.69, 9.17) is 14.2 Å². The molecule has 0 amide bonds. The first kappa shape index (κ1) is 29.3. The first-order chi connectivity index (χ1) is 20.6. The fraction of sp³-hybridized carbons (Fsp3) is 0.333. The second-order valence-electron chi connectivity index (χ2n) is 11.0. The van der Waals surface area contributed by atoms with Crippen LogP contribution >= 0.6 is 0 Å². The Balaban J connectivity index is 1.23. The summed E-state index contributed by atoms with van der Waals surface area (Å²) in [5, 5.41) is 0. The number of anilines is 3. The molecule has 0 bridgehead atoms. The molecule has 42 heavy (non-hydrogen) atoms. The van der Waals surface area contributed by atoms with Crippen LogP contribution in [0.1, 0.15) is 29.5 Å². The van der Waals surface area contributed by atoms with Crippen molar-refractivity contribution in [2.24, 2.45) is 0 Å². The minimum atomic E-state index is 0.506. The third kappa shape index (κ3) is 8.20. The molecule has 4 aromatic carbocycles. The van der Waals surface area contributed by atoms with E-state index in [1.54, 1.807) is 7.11 Å². The molecule has 0 N–H and O–H groups in total. The topological polar surface area (TPSA) is 37.4 Å². The summed E-state index contributed by atoms with van der Waals surface area (Å²) in [6.45, 7) is 5.46. The highest BCUT2D eigenvalue weighted by Gasteiger charge is 2.14. The predicted molar refractivity (Wildman–Crippen MR) is 173 cm³/mol. The molecule has 0 saturated carbocycles. The van der Waals surface area contributed by atoms with Gasteiger partial charge in [0.1, 0.15) is 18.1 Å². The minimum absolute atomic E-state index is 0.506. The Bertz CT molecular complexity index is 1400. The number of hydrogen-bond donors (Lipinski definition) is 0. The van der Waals surface area contributed by atoms with Gasteiger partial charge in [0.25, 0.3) is 0 Å². The molecule has 0 spiro atoms. The maximum atomic E-state index is 6.01. The molecule has 220 valence electrons. The molecule has 0 radical (unpaired) electrons. The lowest BCUT2D eigenvalue weighted by Gasteiger charge is -2.26. The summed E-state index contributed by atoms with van der Waals surface area (Å²) < 4.78 is 17.4. The van der Waals surface area contributed by atoms with Gasteiger partial charge in [0.2, 0.25) is 0 Å². The summed E-state index contributed by atoms with van der Waals surface area (Å²) in [5.41, 5.74) is 7.25. The van der Waals surface area contributed by atoms with Gasteiger partial charge in [0, 0.05) is 63.4 Å². The Kier molecular flexibility index (Phi) is 10.2. The maximum Gasteiger partial charge on any atom is 0.121 e. The fourth-order valence-corrected chi connectivity index (χ4v) is 5.34. The van der Waals surface area contributed by atoms with Gasteiger partial charge < -0.3 is 28.9 Å². The molecule has 0 unspecified atom stereocenters. The molecule has 1 heterocycles. The maximum absolute atomic E-state index is 6.01. The number of hydrogen-bond acceptors (Lipinski definition) is 6. The zero-order valence-corrected chi connectivity index (χ0v) is 25.2. The third-order valence-electron chi connectivity index (χ3n) is 7.66. The van der Waals surface area contributed by atoms with Crippen LogP contribution < -0.4 is 24.2 Å². The van der Waals surface area contributed by atoms with Crippen molar-refractivity contribution in [3.63, 3.8) is 0 Å². The molecule has 1 fully saturated rings. The van der Waals surface area contributed by atoms with Crippen LogP contribution in [-0.2, 0) is 24.4 Å². The van der Waals surface area contributed by atoms with E-state index in [-0.39, 0.29) is 0 Å². The SMILES string of the molecule is COc1cccc(CN(Cc2ccc(N3CCCC3)cc2)c2cccc(COCCOc3cccc(N(C)C)c3)c2)c1. The second kappa shape index (κ2) is 14.6. The largest absolute Gasteiger partial charge is 0.497 e. The highest BCUT2D eigenvalue weighted by molar-refractivity contribution is 5.52. The normalized spacial score (nSPS) is 12.8. The molecule has 5 rings (SSSR count). The quantitative estimate of drug-likeness (QED) is 0.151. The van der Waals surface area contributed by atoms with Crippen LogP contribution in [0.5, 0.6) is 11.5 Å². The summed E-state index contributed by atoms with van der Waals surface area (Å²) in [6, 6.07) is 34.2. The lowest BCUT2D eigenvalue weighted by atomic mass is 10.1. The van der Waals surface area contributed by atoms with Gasteiger partial charge in [-0.05, 0) is 78.1 Å². The van der Waals surface area contributed by atoms with Crippen LogP contribution in [0.15, 0.2) is 97.1 Å². The van der Waals surface area contributed by atoms with E-state index in [9.17, 15) is 0 Å². The number of nitrogens with zero attached hydrogens (tertiary/aromatic N) is 3. The molecule has 6 nitrogen and oxygen atoms in total. The zero-order valence-electron chi connectivity index (χ0n) is 25.2. The van der Waals surface area contributed by atoms with Gasteiger partial charge in [-0.3, -0.25) is 0 Å². The molecule has 0 atom stereocenters. The van der Waals surface area contributed by atoms with Gasteiger partial charge in [0.15, 0.2) is 0 Å². The van der Waals surface area contributed by atoms with Gasteiger partial charge in [-0.15, -0.1) is 0 Å². The Labute approximate surface area is 251 Å². The fourth-order valence-electron chi connectivity index (χ4n) is 5.34. The van der Waals surface area contributed by atoms with Gasteiger partial charge in [-0.25, -0.2) is 0 Å². The molecular weight excluding hydrogens is 522 g/mol. The van der Waals surface area contributed by atoms with Gasteiger partial charge in [0.05, 0.1) is 20.3 Å². The van der Waals surface area contributed by atoms with Crippen molar-refractivity contribution < 1.29 is 14.2 Å². The van der Waals surface area contributed by atoms with E-state index in [0.717, 1.165) is 48.9 Å². The monoisotopic (exact) mass is 565 g/mol. The number of methoxy groups -OCH3 is 1. The van der Waals surface area contributed by atoms with Crippen molar-refractivity contribution in [3.8, 4) is 11.5 Å². The van der Waals surface area contributed by atoms with Gasteiger partial charge >= 0.3 is 0 Å². The lowest BCUT2D eigenvalue weighted by Crippen LogP contribution is -2.22. The van der Waals surface area contributed by atoms with Crippen LogP contribution in [-0.4, -0.2) is 47.5 Å². The van der Waals surface area contributed by atoms with Gasteiger partial charge in [-0.2, -0.15) is 0 Å². The van der Waals surface area contributed by atoms with Crippen LogP contribution in [0.2, 0.25) is 0 Å². The molecule has 1 aliphatic rings. The Morgan fingerprint density at radius 1 is 0.667 bits per heavy atom. The van der Waals surface area contributed by atoms with E-state index in [2.05, 4.69) is 87.5 Å². The molecule has 6 heteroatoms. The molecule has 1 aliphatic heterocycles. The standard InChI is InChI=1S/C36H43N3O3/c1-37(2)33-11-8-14-36(25-33)42-22-21-41-28-31-10-6-12-34(23-31)39(27-30-9-7-13-35(24-30)40-3)26-29-15-17-32(18-16-29)38-19-4-5-20-38/h6-18,23-25H,4-5,19-22,26-28H2,1-3H3. The van der Waals surface area contributed by atoms with Crippen LogP contribution in [0.3, 0.4) is 0 Å². The Morgan fingerprint density at radius 3 is 2.14 bits per heavy atom. The molecule has 4 aromatic rings. The average molecular weight is 566 g/mol. The highest BCUT2D eigenvalue weighted by atomic mass is 16.5. The number of benzene rings is 4. The summed E-state index contributed by atoms with van der Waals surface area (Å²) in [5.74, 6) is 1.73. The summed E-state index contributed by atoms with van der Waals surface area (Å²) in [7, 11) is 5.77. The van der Waals surface area contributed by atoms with E-state index in [0.29, 0.717) is 19.8 Å². The van der Waals surface area contributed by atoms with Crippen molar-refractivity contribution in [2.75, 3.05) is 62.2 Å². The van der Waals surface area contributed by atoms with Crippen molar-refractivity contribution in [1.29, 1.82) is 0 Å². The van der Waals surface area contributed by atoms with Crippen LogP contribution in [0, 0.1) is 0 Å². The van der Waals surface area contributed by atoms with E-state index < -0.39 is 0 Å². The van der Waals surface area contributed by atoms with Crippen LogP contribution in [0.25, 0.3) is 0 Å². The number of rotatable bonds is 14. The average Bonchev–Trinajstić information content (AvgIpc) is 3.57. The first-order valence-electron chi connectivity index (χ1n) is 14.9. The second-order valence-corrected chi connectivity index (χ2v) is 11.0. The van der Waals surface area contributed by atoms with Gasteiger partial charge in [-0.1, -0.05) is 42.5 Å². The Morgan fingerprint density at radius 2 is 1.36 bits per heavy atom. The summed E-state index contributed by atoms with van der Waals surface area (Å²) in [6.07, 6.45) is 2.57. The van der Waals surface area contributed by atoms with Crippen molar-refractivity contribution in [1.82, 2.24) is 0 Å². The third-order valence-corrected chi connectivity index (χ3v) is 7.66. The smallest absolute Gasteiger partial charge is 0.121 e.